The van der Waals surface area contributed by atoms with Crippen molar-refractivity contribution < 1.29 is 24.2 Å². The van der Waals surface area contributed by atoms with Crippen molar-refractivity contribution in [3.05, 3.63) is 77.1 Å². The lowest BCUT2D eigenvalue weighted by Gasteiger charge is -2.19. The molecule has 9 nitrogen and oxygen atoms in total. The molecule has 0 fully saturated rings. The fourth-order valence-corrected chi connectivity index (χ4v) is 4.43. The molecule has 1 aliphatic rings. The van der Waals surface area contributed by atoms with E-state index in [0.29, 0.717) is 12.1 Å². The number of carboxylic acid groups (broad SMARTS) is 1. The molecule has 1 heterocycles. The molecule has 0 bridgehead atoms. The van der Waals surface area contributed by atoms with Crippen LogP contribution in [-0.2, 0) is 23.1 Å². The average Bonchev–Trinajstić information content (AvgIpc) is 3.38. The zero-order chi connectivity index (χ0) is 24.9. The number of hydrogen-bond donors (Lipinski definition) is 3. The zero-order valence-electron chi connectivity index (χ0n) is 19.7. The number of amides is 2. The van der Waals surface area contributed by atoms with Gasteiger partial charge in [0.15, 0.2) is 0 Å². The van der Waals surface area contributed by atoms with Gasteiger partial charge in [0.2, 0.25) is 5.91 Å². The highest BCUT2D eigenvalue weighted by atomic mass is 16.5. The molecular formula is C26H28N4O5. The van der Waals surface area contributed by atoms with E-state index in [0.717, 1.165) is 22.3 Å². The Labute approximate surface area is 203 Å². The number of benzene rings is 2. The third kappa shape index (κ3) is 5.18. The number of carbonyl (C=O) groups excluding carboxylic acids is 2. The van der Waals surface area contributed by atoms with E-state index in [9.17, 15) is 19.5 Å². The van der Waals surface area contributed by atoms with Crippen LogP contribution in [0.25, 0.3) is 11.1 Å². The number of carboxylic acids is 1. The maximum absolute atomic E-state index is 12.5. The van der Waals surface area contributed by atoms with Crippen molar-refractivity contribution in [2.45, 2.75) is 38.3 Å². The Morgan fingerprint density at radius 3 is 2.31 bits per heavy atom. The molecule has 2 aromatic carbocycles. The molecule has 0 unspecified atom stereocenters. The highest BCUT2D eigenvalue weighted by Crippen LogP contribution is 2.44. The molecule has 182 valence electrons. The molecule has 0 saturated carbocycles. The fourth-order valence-electron chi connectivity index (χ4n) is 4.43. The maximum atomic E-state index is 12.5. The second kappa shape index (κ2) is 10.4. The first-order valence-corrected chi connectivity index (χ1v) is 11.5. The van der Waals surface area contributed by atoms with Gasteiger partial charge in [-0.3, -0.25) is 9.48 Å². The highest BCUT2D eigenvalue weighted by molar-refractivity contribution is 5.89. The van der Waals surface area contributed by atoms with Crippen molar-refractivity contribution in [2.24, 2.45) is 7.05 Å². The Morgan fingerprint density at radius 2 is 1.71 bits per heavy atom. The molecule has 1 aromatic heterocycles. The number of alkyl carbamates (subject to hydrolysis) is 1. The molecule has 0 saturated heterocycles. The molecule has 4 rings (SSSR count). The van der Waals surface area contributed by atoms with Crippen LogP contribution in [0.15, 0.2) is 54.7 Å². The third-order valence-corrected chi connectivity index (χ3v) is 6.34. The van der Waals surface area contributed by atoms with Gasteiger partial charge in [-0.25, -0.2) is 9.59 Å². The number of ether oxygens (including phenoxy) is 1. The van der Waals surface area contributed by atoms with Gasteiger partial charge in [-0.15, -0.1) is 0 Å². The summed E-state index contributed by atoms with van der Waals surface area (Å²) in [5, 5.41) is 18.6. The van der Waals surface area contributed by atoms with Crippen LogP contribution in [0.5, 0.6) is 0 Å². The molecule has 0 aliphatic heterocycles. The summed E-state index contributed by atoms with van der Waals surface area (Å²) < 4.78 is 6.98. The number of aromatic carboxylic acids is 1. The largest absolute Gasteiger partial charge is 0.478 e. The number of carbonyl (C=O) groups is 3. The Morgan fingerprint density at radius 1 is 1.09 bits per heavy atom. The van der Waals surface area contributed by atoms with E-state index >= 15 is 0 Å². The lowest BCUT2D eigenvalue weighted by atomic mass is 9.98. The van der Waals surface area contributed by atoms with Gasteiger partial charge in [-0.05, 0) is 28.7 Å². The smallest absolute Gasteiger partial charge is 0.407 e. The van der Waals surface area contributed by atoms with Gasteiger partial charge in [0, 0.05) is 25.4 Å². The zero-order valence-corrected chi connectivity index (χ0v) is 19.7. The molecule has 0 radical (unpaired) electrons. The maximum Gasteiger partial charge on any atom is 0.407 e. The fraction of sp³-hybridized carbons (Fsp3) is 0.308. The van der Waals surface area contributed by atoms with E-state index < -0.39 is 18.1 Å². The minimum absolute atomic E-state index is 0.0261. The van der Waals surface area contributed by atoms with E-state index in [2.05, 4.69) is 40.0 Å². The molecule has 1 atom stereocenters. The van der Waals surface area contributed by atoms with Crippen LogP contribution in [0.4, 0.5) is 4.79 Å². The van der Waals surface area contributed by atoms with Gasteiger partial charge in [-0.1, -0.05) is 55.5 Å². The minimum atomic E-state index is -1.11. The second-order valence-corrected chi connectivity index (χ2v) is 8.49. The van der Waals surface area contributed by atoms with Gasteiger partial charge in [0.25, 0.3) is 0 Å². The molecule has 0 spiro atoms. The summed E-state index contributed by atoms with van der Waals surface area (Å²) in [6.45, 7) is 2.09. The number of nitrogens with one attached hydrogen (secondary N) is 2. The number of aromatic nitrogens is 2. The summed E-state index contributed by atoms with van der Waals surface area (Å²) in [4.78, 5) is 36.3. The first kappa shape index (κ1) is 24.0. The Balaban J connectivity index is 1.30. The van der Waals surface area contributed by atoms with Gasteiger partial charge in [0.1, 0.15) is 12.2 Å². The summed E-state index contributed by atoms with van der Waals surface area (Å²) in [6.07, 6.45) is 1.24. The van der Waals surface area contributed by atoms with E-state index in [1.54, 1.807) is 7.05 Å². The van der Waals surface area contributed by atoms with Crippen LogP contribution >= 0.6 is 0 Å². The molecule has 9 heteroatoms. The monoisotopic (exact) mass is 476 g/mol. The first-order valence-electron chi connectivity index (χ1n) is 11.5. The molecular weight excluding hydrogens is 448 g/mol. The third-order valence-electron chi connectivity index (χ3n) is 6.34. The number of rotatable bonds is 9. The van der Waals surface area contributed by atoms with Crippen LogP contribution in [0.1, 0.15) is 52.9 Å². The molecule has 1 aliphatic carbocycles. The Bertz CT molecular complexity index is 1210. The Kier molecular flexibility index (Phi) is 7.14. The lowest BCUT2D eigenvalue weighted by molar-refractivity contribution is -0.121. The summed E-state index contributed by atoms with van der Waals surface area (Å²) >= 11 is 0. The van der Waals surface area contributed by atoms with Gasteiger partial charge in [0.05, 0.1) is 18.4 Å². The summed E-state index contributed by atoms with van der Waals surface area (Å²) in [5.74, 6) is -1.46. The van der Waals surface area contributed by atoms with Gasteiger partial charge in [-0.2, -0.15) is 5.10 Å². The number of aryl methyl sites for hydroxylation is 1. The average molecular weight is 477 g/mol. The van der Waals surface area contributed by atoms with E-state index in [4.69, 9.17) is 4.74 Å². The van der Waals surface area contributed by atoms with Crippen molar-refractivity contribution in [1.29, 1.82) is 0 Å². The number of fused-ring (bicyclic) bond motifs is 3. The van der Waals surface area contributed by atoms with Crippen LogP contribution in [0.2, 0.25) is 0 Å². The normalized spacial score (nSPS) is 13.0. The van der Waals surface area contributed by atoms with Crippen LogP contribution in [0, 0.1) is 0 Å². The van der Waals surface area contributed by atoms with Crippen LogP contribution in [-0.4, -0.2) is 45.5 Å². The minimum Gasteiger partial charge on any atom is -0.478 e. The lowest BCUT2D eigenvalue weighted by Crippen LogP contribution is -2.39. The standard InChI is InChI=1S/C26H28N4O5/c1-3-16(12-24(31)27-14-23-21(25(32)33)13-28-30(23)2)29-26(34)35-15-22-19-10-6-4-8-17(19)18-9-5-7-11-20(18)22/h4-11,13,16,22H,3,12,14-15H2,1-2H3,(H,27,31)(H,29,34)(H,32,33)/t16-/m1/s1. The predicted molar refractivity (Wildman–Crippen MR) is 129 cm³/mol. The Hall–Kier alpha value is -4.14. The first-order chi connectivity index (χ1) is 16.9. The highest BCUT2D eigenvalue weighted by Gasteiger charge is 2.29. The number of hydrogen-bond acceptors (Lipinski definition) is 5. The quantitative estimate of drug-likeness (QED) is 0.435. The van der Waals surface area contributed by atoms with Gasteiger partial charge < -0.3 is 20.5 Å². The van der Waals surface area contributed by atoms with Crippen molar-refractivity contribution >= 4 is 18.0 Å². The molecule has 3 aromatic rings. The van der Waals surface area contributed by atoms with Crippen molar-refractivity contribution in [3.8, 4) is 11.1 Å². The van der Waals surface area contributed by atoms with Crippen molar-refractivity contribution in [1.82, 2.24) is 20.4 Å². The van der Waals surface area contributed by atoms with Crippen LogP contribution in [0.3, 0.4) is 0 Å². The van der Waals surface area contributed by atoms with E-state index in [-0.39, 0.29) is 37.0 Å². The number of nitrogens with zero attached hydrogens (tertiary/aromatic N) is 2. The SMILES string of the molecule is CC[C@H](CC(=O)NCc1c(C(=O)O)cnn1C)NC(=O)OCC1c2ccccc2-c2ccccc21. The molecule has 35 heavy (non-hydrogen) atoms. The van der Waals surface area contributed by atoms with Crippen LogP contribution < -0.4 is 10.6 Å². The van der Waals surface area contributed by atoms with E-state index in [1.807, 2.05) is 31.2 Å². The summed E-state index contributed by atoms with van der Waals surface area (Å²) in [7, 11) is 1.61. The van der Waals surface area contributed by atoms with E-state index in [1.165, 1.54) is 10.9 Å². The summed E-state index contributed by atoms with van der Waals surface area (Å²) in [5.41, 5.74) is 4.99. The topological polar surface area (TPSA) is 123 Å². The van der Waals surface area contributed by atoms with Crippen molar-refractivity contribution in [2.75, 3.05) is 6.61 Å². The predicted octanol–water partition coefficient (Wildman–Crippen LogP) is 3.44. The summed E-state index contributed by atoms with van der Waals surface area (Å²) in [6, 6.07) is 15.8. The second-order valence-electron chi connectivity index (χ2n) is 8.49. The van der Waals surface area contributed by atoms with Crippen molar-refractivity contribution in [3.63, 3.8) is 0 Å². The molecule has 3 N–H and O–H groups in total. The molecule has 2 amide bonds. The van der Waals surface area contributed by atoms with Gasteiger partial charge >= 0.3 is 12.1 Å².